The number of benzene rings is 1. The smallest absolute Gasteiger partial charge is 0.0107 e. The van der Waals surface area contributed by atoms with E-state index in [0.717, 1.165) is 5.92 Å². The molecule has 1 aromatic rings. The minimum atomic E-state index is 0.647. The third-order valence-electron chi connectivity index (χ3n) is 4.48. The first-order valence-electron chi connectivity index (χ1n) is 7.51. The van der Waals surface area contributed by atoms with E-state index in [1.54, 1.807) is 0 Å². The third kappa shape index (κ3) is 3.84. The number of hydrogen-bond donors (Lipinski definition) is 1. The van der Waals surface area contributed by atoms with Gasteiger partial charge >= 0.3 is 0 Å². The van der Waals surface area contributed by atoms with Gasteiger partial charge in [-0.15, -0.1) is 0 Å². The predicted molar refractivity (Wildman–Crippen MR) is 78.9 cm³/mol. The molecular weight excluding hydrogens is 218 g/mol. The highest BCUT2D eigenvalue weighted by Crippen LogP contribution is 2.28. The molecule has 0 spiro atoms. The Hall–Kier alpha value is -0.820. The fourth-order valence-electron chi connectivity index (χ4n) is 3.23. The summed E-state index contributed by atoms with van der Waals surface area (Å²) in [7, 11) is 2.12. The molecule has 0 saturated heterocycles. The van der Waals surface area contributed by atoms with E-state index in [1.807, 2.05) is 0 Å². The van der Waals surface area contributed by atoms with Crippen LogP contribution in [-0.4, -0.2) is 13.1 Å². The lowest BCUT2D eigenvalue weighted by molar-refractivity contribution is 0.302. The zero-order valence-corrected chi connectivity index (χ0v) is 11.9. The van der Waals surface area contributed by atoms with Crippen molar-refractivity contribution in [3.05, 3.63) is 35.4 Å². The van der Waals surface area contributed by atoms with Gasteiger partial charge in [-0.05, 0) is 43.9 Å². The topological polar surface area (TPSA) is 12.0 Å². The van der Waals surface area contributed by atoms with Gasteiger partial charge < -0.3 is 5.32 Å². The molecule has 2 rings (SSSR count). The third-order valence-corrected chi connectivity index (χ3v) is 4.48. The number of rotatable bonds is 5. The highest BCUT2D eigenvalue weighted by molar-refractivity contribution is 5.26. The van der Waals surface area contributed by atoms with Crippen LogP contribution in [0.15, 0.2) is 24.3 Å². The molecule has 0 bridgehead atoms. The van der Waals surface area contributed by atoms with Crippen molar-refractivity contribution < 1.29 is 0 Å². The maximum Gasteiger partial charge on any atom is 0.0107 e. The van der Waals surface area contributed by atoms with Crippen molar-refractivity contribution in [2.45, 2.75) is 57.9 Å². The summed E-state index contributed by atoms with van der Waals surface area (Å²) in [5.74, 6) is 0.959. The molecule has 1 N–H and O–H groups in total. The van der Waals surface area contributed by atoms with Crippen molar-refractivity contribution >= 4 is 0 Å². The lowest BCUT2D eigenvalue weighted by atomic mass is 9.83. The van der Waals surface area contributed by atoms with Crippen LogP contribution in [0, 0.1) is 12.8 Å². The normalized spacial score (nSPS) is 18.8. The number of hydrogen-bond acceptors (Lipinski definition) is 1. The SMILES string of the molecule is CNC(Cc1ccccc1C)CC1CCCCC1. The lowest BCUT2D eigenvalue weighted by Crippen LogP contribution is -2.31. The van der Waals surface area contributed by atoms with E-state index in [9.17, 15) is 0 Å². The fourth-order valence-corrected chi connectivity index (χ4v) is 3.23. The van der Waals surface area contributed by atoms with Gasteiger partial charge in [0.15, 0.2) is 0 Å². The fraction of sp³-hybridized carbons (Fsp3) is 0.647. The van der Waals surface area contributed by atoms with E-state index in [4.69, 9.17) is 0 Å². The van der Waals surface area contributed by atoms with Gasteiger partial charge in [-0.25, -0.2) is 0 Å². The Kier molecular flexibility index (Phi) is 5.25. The Morgan fingerprint density at radius 1 is 1.17 bits per heavy atom. The van der Waals surface area contributed by atoms with Crippen LogP contribution in [-0.2, 0) is 6.42 Å². The molecule has 0 aliphatic heterocycles. The second-order valence-electron chi connectivity index (χ2n) is 5.86. The van der Waals surface area contributed by atoms with E-state index in [2.05, 4.69) is 43.6 Å². The van der Waals surface area contributed by atoms with E-state index in [1.165, 1.54) is 56.1 Å². The average Bonchev–Trinajstić information content (AvgIpc) is 2.41. The van der Waals surface area contributed by atoms with Gasteiger partial charge in [-0.3, -0.25) is 0 Å². The summed E-state index contributed by atoms with van der Waals surface area (Å²) in [5, 5.41) is 3.53. The van der Waals surface area contributed by atoms with Gasteiger partial charge in [0, 0.05) is 6.04 Å². The summed E-state index contributed by atoms with van der Waals surface area (Å²) in [6.07, 6.45) is 9.79. The summed E-state index contributed by atoms with van der Waals surface area (Å²) in [5.41, 5.74) is 2.94. The molecule has 1 nitrogen and oxygen atoms in total. The second kappa shape index (κ2) is 6.94. The van der Waals surface area contributed by atoms with E-state index < -0.39 is 0 Å². The first kappa shape index (κ1) is 13.6. The molecule has 1 fully saturated rings. The molecule has 0 heterocycles. The van der Waals surface area contributed by atoms with Crippen LogP contribution < -0.4 is 5.32 Å². The zero-order valence-electron chi connectivity index (χ0n) is 11.9. The number of nitrogens with one attached hydrogen (secondary N) is 1. The van der Waals surface area contributed by atoms with Crippen LogP contribution in [0.25, 0.3) is 0 Å². The Labute approximate surface area is 112 Å². The minimum absolute atomic E-state index is 0.647. The molecule has 0 amide bonds. The number of aryl methyl sites for hydroxylation is 1. The van der Waals surface area contributed by atoms with Crippen LogP contribution in [0.5, 0.6) is 0 Å². The van der Waals surface area contributed by atoms with E-state index in [0.29, 0.717) is 6.04 Å². The molecule has 1 aromatic carbocycles. The summed E-state index contributed by atoms with van der Waals surface area (Å²) in [4.78, 5) is 0. The summed E-state index contributed by atoms with van der Waals surface area (Å²) >= 11 is 0. The van der Waals surface area contributed by atoms with Gasteiger partial charge in [0.05, 0.1) is 0 Å². The summed E-state index contributed by atoms with van der Waals surface area (Å²) < 4.78 is 0. The summed E-state index contributed by atoms with van der Waals surface area (Å²) in [6, 6.07) is 9.45. The number of likely N-dealkylation sites (N-methyl/N-ethyl adjacent to an activating group) is 1. The quantitative estimate of drug-likeness (QED) is 0.823. The second-order valence-corrected chi connectivity index (χ2v) is 5.86. The molecule has 100 valence electrons. The summed E-state index contributed by atoms with van der Waals surface area (Å²) in [6.45, 7) is 2.22. The molecule has 1 heteroatoms. The van der Waals surface area contributed by atoms with Crippen molar-refractivity contribution in [3.8, 4) is 0 Å². The molecule has 0 radical (unpaired) electrons. The van der Waals surface area contributed by atoms with Crippen molar-refractivity contribution in [1.82, 2.24) is 5.32 Å². The largest absolute Gasteiger partial charge is 0.317 e. The molecule has 1 unspecified atom stereocenters. The van der Waals surface area contributed by atoms with Crippen molar-refractivity contribution in [2.24, 2.45) is 5.92 Å². The van der Waals surface area contributed by atoms with Crippen molar-refractivity contribution in [1.29, 1.82) is 0 Å². The van der Waals surface area contributed by atoms with Gasteiger partial charge in [-0.2, -0.15) is 0 Å². The zero-order chi connectivity index (χ0) is 12.8. The van der Waals surface area contributed by atoms with Gasteiger partial charge in [0.25, 0.3) is 0 Å². The lowest BCUT2D eigenvalue weighted by Gasteiger charge is -2.26. The standard InChI is InChI=1S/C17H27N/c1-14-8-6-7-11-16(14)13-17(18-2)12-15-9-4-3-5-10-15/h6-8,11,15,17-18H,3-5,9-10,12-13H2,1-2H3. The monoisotopic (exact) mass is 245 g/mol. The molecule has 1 aliphatic carbocycles. The first-order valence-corrected chi connectivity index (χ1v) is 7.51. The highest BCUT2D eigenvalue weighted by Gasteiger charge is 2.18. The minimum Gasteiger partial charge on any atom is -0.317 e. The van der Waals surface area contributed by atoms with Gasteiger partial charge in [0.1, 0.15) is 0 Å². The van der Waals surface area contributed by atoms with Crippen molar-refractivity contribution in [2.75, 3.05) is 7.05 Å². The van der Waals surface area contributed by atoms with Crippen molar-refractivity contribution in [3.63, 3.8) is 0 Å². The van der Waals surface area contributed by atoms with Gasteiger partial charge in [-0.1, -0.05) is 56.4 Å². The van der Waals surface area contributed by atoms with Crippen LogP contribution in [0.3, 0.4) is 0 Å². The average molecular weight is 245 g/mol. The molecule has 1 saturated carbocycles. The van der Waals surface area contributed by atoms with E-state index >= 15 is 0 Å². The Bertz CT molecular complexity index is 352. The maximum atomic E-state index is 3.53. The van der Waals surface area contributed by atoms with Crippen LogP contribution in [0.2, 0.25) is 0 Å². The first-order chi connectivity index (χ1) is 8.79. The molecule has 18 heavy (non-hydrogen) atoms. The molecule has 1 atom stereocenters. The predicted octanol–water partition coefficient (Wildman–Crippen LogP) is 4.10. The maximum absolute atomic E-state index is 3.53. The molecule has 0 aromatic heterocycles. The Balaban J connectivity index is 1.90. The molecule has 1 aliphatic rings. The Morgan fingerprint density at radius 3 is 2.56 bits per heavy atom. The van der Waals surface area contributed by atoms with Crippen LogP contribution in [0.1, 0.15) is 49.7 Å². The highest BCUT2D eigenvalue weighted by atomic mass is 14.9. The van der Waals surface area contributed by atoms with Crippen LogP contribution >= 0.6 is 0 Å². The van der Waals surface area contributed by atoms with Crippen LogP contribution in [0.4, 0.5) is 0 Å². The van der Waals surface area contributed by atoms with E-state index in [-0.39, 0.29) is 0 Å². The van der Waals surface area contributed by atoms with Gasteiger partial charge in [0.2, 0.25) is 0 Å². The Morgan fingerprint density at radius 2 is 1.89 bits per heavy atom. The molecular formula is C17H27N.